The molecule has 25 heavy (non-hydrogen) atoms. The Morgan fingerprint density at radius 1 is 1.20 bits per heavy atom. The predicted octanol–water partition coefficient (Wildman–Crippen LogP) is 3.54. The number of carbonyl (C=O) groups is 1. The van der Waals surface area contributed by atoms with Crippen LogP contribution in [0.3, 0.4) is 0 Å². The van der Waals surface area contributed by atoms with E-state index in [1.807, 2.05) is 25.1 Å². The molecule has 4 nitrogen and oxygen atoms in total. The van der Waals surface area contributed by atoms with Gasteiger partial charge in [-0.05, 0) is 43.5 Å². The van der Waals surface area contributed by atoms with E-state index in [-0.39, 0.29) is 17.9 Å². The van der Waals surface area contributed by atoms with Crippen LogP contribution in [0.25, 0.3) is 11.1 Å². The number of methoxy groups -OCH3 is 1. The molecule has 2 atom stereocenters. The smallest absolute Gasteiger partial charge is 0.224 e. The normalized spacial score (nSPS) is 18.4. The number of amides is 1. The molecule has 1 aliphatic rings. The number of piperidine rings is 1. The topological polar surface area (TPSA) is 50.4 Å². The lowest BCUT2D eigenvalue weighted by Crippen LogP contribution is -2.41. The zero-order valence-corrected chi connectivity index (χ0v) is 14.9. The summed E-state index contributed by atoms with van der Waals surface area (Å²) in [5, 5.41) is 6.44. The van der Waals surface area contributed by atoms with Gasteiger partial charge in [-0.25, -0.2) is 0 Å². The lowest BCUT2D eigenvalue weighted by Gasteiger charge is -2.24. The number of nitrogens with one attached hydrogen (secondary N) is 2. The van der Waals surface area contributed by atoms with Gasteiger partial charge in [-0.15, -0.1) is 0 Å². The number of hydrogen-bond donors (Lipinski definition) is 2. The van der Waals surface area contributed by atoms with Crippen LogP contribution in [0, 0.1) is 5.92 Å². The minimum atomic E-state index is 0.00106. The van der Waals surface area contributed by atoms with Gasteiger partial charge in [0.25, 0.3) is 0 Å². The molecule has 2 unspecified atom stereocenters. The summed E-state index contributed by atoms with van der Waals surface area (Å²) < 4.78 is 5.43. The van der Waals surface area contributed by atoms with Gasteiger partial charge in [-0.2, -0.15) is 0 Å². The van der Waals surface area contributed by atoms with Crippen molar-refractivity contribution in [1.29, 1.82) is 0 Å². The van der Waals surface area contributed by atoms with Crippen LogP contribution in [-0.2, 0) is 4.79 Å². The lowest BCUT2D eigenvalue weighted by molar-refractivity contribution is -0.126. The Bertz CT molecular complexity index is 706. The highest BCUT2D eigenvalue weighted by molar-refractivity contribution is 5.79. The number of hydrogen-bond acceptors (Lipinski definition) is 3. The third kappa shape index (κ3) is 4.20. The van der Waals surface area contributed by atoms with Crippen molar-refractivity contribution in [2.75, 3.05) is 20.2 Å². The molecule has 1 aliphatic heterocycles. The van der Waals surface area contributed by atoms with Crippen molar-refractivity contribution >= 4 is 5.91 Å². The third-order valence-corrected chi connectivity index (χ3v) is 4.86. The molecule has 0 bridgehead atoms. The van der Waals surface area contributed by atoms with E-state index in [0.717, 1.165) is 48.4 Å². The fourth-order valence-electron chi connectivity index (χ4n) is 3.32. The van der Waals surface area contributed by atoms with Gasteiger partial charge >= 0.3 is 0 Å². The summed E-state index contributed by atoms with van der Waals surface area (Å²) in [6.07, 6.45) is 2.04. The van der Waals surface area contributed by atoms with Crippen molar-refractivity contribution in [1.82, 2.24) is 10.6 Å². The van der Waals surface area contributed by atoms with E-state index in [2.05, 4.69) is 41.0 Å². The Morgan fingerprint density at radius 3 is 2.64 bits per heavy atom. The minimum absolute atomic E-state index is 0.00106. The highest BCUT2D eigenvalue weighted by atomic mass is 16.5. The molecule has 4 heteroatoms. The Kier molecular flexibility index (Phi) is 5.71. The van der Waals surface area contributed by atoms with Crippen molar-refractivity contribution in [2.24, 2.45) is 5.92 Å². The van der Waals surface area contributed by atoms with Gasteiger partial charge in [-0.3, -0.25) is 4.79 Å². The van der Waals surface area contributed by atoms with Gasteiger partial charge in [0.05, 0.1) is 19.1 Å². The van der Waals surface area contributed by atoms with E-state index in [9.17, 15) is 4.79 Å². The highest BCUT2D eigenvalue weighted by Crippen LogP contribution is 2.30. The highest BCUT2D eigenvalue weighted by Gasteiger charge is 2.22. The predicted molar refractivity (Wildman–Crippen MR) is 101 cm³/mol. The van der Waals surface area contributed by atoms with Crippen molar-refractivity contribution in [3.8, 4) is 16.9 Å². The first-order valence-corrected chi connectivity index (χ1v) is 8.93. The summed E-state index contributed by atoms with van der Waals surface area (Å²) in [6.45, 7) is 3.83. The Labute approximate surface area is 149 Å². The molecule has 132 valence electrons. The van der Waals surface area contributed by atoms with E-state index < -0.39 is 0 Å². The molecule has 2 aromatic carbocycles. The van der Waals surface area contributed by atoms with E-state index in [1.165, 1.54) is 0 Å². The molecule has 0 radical (unpaired) electrons. The van der Waals surface area contributed by atoms with Crippen molar-refractivity contribution < 1.29 is 9.53 Å². The summed E-state index contributed by atoms with van der Waals surface area (Å²) in [4.78, 5) is 12.4. The fraction of sp³-hybridized carbons (Fsp3) is 0.381. The first-order chi connectivity index (χ1) is 12.2. The number of para-hydroxylation sites is 1. The summed E-state index contributed by atoms with van der Waals surface area (Å²) in [5.74, 6) is 1.10. The zero-order valence-electron chi connectivity index (χ0n) is 14.9. The Morgan fingerprint density at radius 2 is 1.96 bits per heavy atom. The molecular weight excluding hydrogens is 312 g/mol. The summed E-state index contributed by atoms with van der Waals surface area (Å²) >= 11 is 0. The van der Waals surface area contributed by atoms with E-state index in [4.69, 9.17) is 4.74 Å². The van der Waals surface area contributed by atoms with Crippen LogP contribution in [-0.4, -0.2) is 26.1 Å². The number of carbonyl (C=O) groups excluding carboxylic acids is 1. The second-order valence-electron chi connectivity index (χ2n) is 6.60. The molecule has 0 aromatic heterocycles. The van der Waals surface area contributed by atoms with Gasteiger partial charge in [0.1, 0.15) is 5.75 Å². The van der Waals surface area contributed by atoms with Crippen molar-refractivity contribution in [3.05, 3.63) is 54.1 Å². The van der Waals surface area contributed by atoms with Crippen molar-refractivity contribution in [3.63, 3.8) is 0 Å². The van der Waals surface area contributed by atoms with E-state index in [0.29, 0.717) is 0 Å². The maximum Gasteiger partial charge on any atom is 0.224 e. The quantitative estimate of drug-likeness (QED) is 0.877. The second kappa shape index (κ2) is 8.17. The van der Waals surface area contributed by atoms with Gasteiger partial charge in [0.2, 0.25) is 5.91 Å². The summed E-state index contributed by atoms with van der Waals surface area (Å²) in [7, 11) is 1.69. The van der Waals surface area contributed by atoms with E-state index in [1.54, 1.807) is 7.11 Å². The SMILES string of the molecule is COc1ccccc1-c1ccc(C(C)NC(=O)C2CCCNC2)cc1. The molecule has 0 aliphatic carbocycles. The van der Waals surface area contributed by atoms with Crippen LogP contribution >= 0.6 is 0 Å². The molecule has 1 heterocycles. The third-order valence-electron chi connectivity index (χ3n) is 4.86. The Balaban J connectivity index is 1.68. The molecule has 1 saturated heterocycles. The monoisotopic (exact) mass is 338 g/mol. The maximum absolute atomic E-state index is 12.4. The second-order valence-corrected chi connectivity index (χ2v) is 6.60. The standard InChI is InChI=1S/C21H26N2O2/c1-15(23-21(24)18-6-5-13-22-14-18)16-9-11-17(12-10-16)19-7-3-4-8-20(19)25-2/h3-4,7-12,15,18,22H,5-6,13-14H2,1-2H3,(H,23,24). The molecule has 2 aromatic rings. The average molecular weight is 338 g/mol. The maximum atomic E-state index is 12.4. The van der Waals surface area contributed by atoms with Crippen LogP contribution in [0.1, 0.15) is 31.4 Å². The first kappa shape index (κ1) is 17.5. The molecule has 1 amide bonds. The first-order valence-electron chi connectivity index (χ1n) is 8.93. The zero-order chi connectivity index (χ0) is 17.6. The largest absolute Gasteiger partial charge is 0.496 e. The molecular formula is C21H26N2O2. The molecule has 0 spiro atoms. The fourth-order valence-corrected chi connectivity index (χ4v) is 3.32. The molecule has 3 rings (SSSR count). The molecule has 1 fully saturated rings. The summed E-state index contributed by atoms with van der Waals surface area (Å²) in [6, 6.07) is 16.3. The number of rotatable bonds is 5. The number of ether oxygens (including phenoxy) is 1. The van der Waals surface area contributed by atoms with Crippen LogP contribution in [0.4, 0.5) is 0 Å². The van der Waals surface area contributed by atoms with Crippen LogP contribution in [0.5, 0.6) is 5.75 Å². The number of benzene rings is 2. The van der Waals surface area contributed by atoms with Crippen LogP contribution in [0.15, 0.2) is 48.5 Å². The van der Waals surface area contributed by atoms with Gasteiger partial charge < -0.3 is 15.4 Å². The Hall–Kier alpha value is -2.33. The van der Waals surface area contributed by atoms with Gasteiger partial charge in [0.15, 0.2) is 0 Å². The minimum Gasteiger partial charge on any atom is -0.496 e. The van der Waals surface area contributed by atoms with E-state index >= 15 is 0 Å². The average Bonchev–Trinajstić information content (AvgIpc) is 2.68. The van der Waals surface area contributed by atoms with Gasteiger partial charge in [-0.1, -0.05) is 42.5 Å². The van der Waals surface area contributed by atoms with Gasteiger partial charge in [0, 0.05) is 12.1 Å². The lowest BCUT2D eigenvalue weighted by atomic mass is 9.97. The van der Waals surface area contributed by atoms with Crippen LogP contribution in [0.2, 0.25) is 0 Å². The summed E-state index contributed by atoms with van der Waals surface area (Å²) in [5.41, 5.74) is 3.29. The van der Waals surface area contributed by atoms with Crippen molar-refractivity contribution in [2.45, 2.75) is 25.8 Å². The van der Waals surface area contributed by atoms with Crippen LogP contribution < -0.4 is 15.4 Å². The molecule has 2 N–H and O–H groups in total. The molecule has 0 saturated carbocycles.